The first kappa shape index (κ1) is 14.5. The molecule has 0 amide bonds. The van der Waals surface area contributed by atoms with Crippen molar-refractivity contribution in [2.45, 2.75) is 70.3 Å². The Labute approximate surface area is 106 Å². The summed E-state index contributed by atoms with van der Waals surface area (Å²) in [6.45, 7) is 8.88. The topological polar surface area (TPSA) is 26.3 Å². The van der Waals surface area contributed by atoms with E-state index in [2.05, 4.69) is 20.0 Å². The van der Waals surface area contributed by atoms with Crippen LogP contribution in [0.15, 0.2) is 12.2 Å². The maximum atomic E-state index is 11.6. The average Bonchev–Trinajstić information content (AvgIpc) is 2.26. The summed E-state index contributed by atoms with van der Waals surface area (Å²) in [6.07, 6.45) is 8.29. The molecule has 2 nitrogen and oxygen atoms in total. The van der Waals surface area contributed by atoms with Crippen molar-refractivity contribution < 1.29 is 9.53 Å². The quantitative estimate of drug-likeness (QED) is 0.428. The standard InChI is InChI=1S/C14H26O2Si/c1-5-9-14(15)16-12(6-2)13-10-7-8-11-17(13,3)4/h5,9,12-13H,6-8,10-11H2,1-4H3/b9-5+. The zero-order valence-corrected chi connectivity index (χ0v) is 12.7. The third-order valence-corrected chi connectivity index (χ3v) is 8.32. The molecule has 0 radical (unpaired) electrons. The lowest BCUT2D eigenvalue weighted by atomic mass is 10.1. The molecule has 1 fully saturated rings. The Kier molecular flexibility index (Phi) is 5.44. The van der Waals surface area contributed by atoms with Gasteiger partial charge in [-0.2, -0.15) is 0 Å². The van der Waals surface area contributed by atoms with Crippen LogP contribution >= 0.6 is 0 Å². The Bertz CT molecular complexity index is 284. The molecule has 3 heteroatoms. The van der Waals surface area contributed by atoms with Gasteiger partial charge in [0.1, 0.15) is 6.10 Å². The van der Waals surface area contributed by atoms with Crippen molar-refractivity contribution in [3.63, 3.8) is 0 Å². The van der Waals surface area contributed by atoms with Crippen molar-refractivity contribution >= 4 is 14.0 Å². The molecule has 1 rings (SSSR count). The number of hydrogen-bond acceptors (Lipinski definition) is 2. The summed E-state index contributed by atoms with van der Waals surface area (Å²) in [5.41, 5.74) is 0.649. The van der Waals surface area contributed by atoms with Gasteiger partial charge in [0.25, 0.3) is 0 Å². The first-order valence-corrected chi connectivity index (χ1v) is 10.1. The predicted octanol–water partition coefficient (Wildman–Crippen LogP) is 4.15. The molecule has 98 valence electrons. The van der Waals surface area contributed by atoms with Crippen molar-refractivity contribution in [2.24, 2.45) is 0 Å². The van der Waals surface area contributed by atoms with E-state index in [1.807, 2.05) is 6.92 Å². The van der Waals surface area contributed by atoms with E-state index in [1.165, 1.54) is 31.4 Å². The summed E-state index contributed by atoms with van der Waals surface area (Å²) in [7, 11) is -1.20. The minimum absolute atomic E-state index is 0.140. The van der Waals surface area contributed by atoms with Crippen molar-refractivity contribution in [3.05, 3.63) is 12.2 Å². The number of carbonyl (C=O) groups excluding carboxylic acids is 1. The van der Waals surface area contributed by atoms with Gasteiger partial charge in [-0.1, -0.05) is 45.0 Å². The largest absolute Gasteiger partial charge is 0.459 e. The highest BCUT2D eigenvalue weighted by Crippen LogP contribution is 2.41. The first-order valence-electron chi connectivity index (χ1n) is 6.84. The molecule has 17 heavy (non-hydrogen) atoms. The van der Waals surface area contributed by atoms with Crippen LogP contribution in [-0.2, 0) is 9.53 Å². The Morgan fingerprint density at radius 3 is 2.71 bits per heavy atom. The molecule has 0 aromatic heterocycles. The summed E-state index contributed by atoms with van der Waals surface area (Å²) < 4.78 is 5.62. The molecule has 0 aromatic carbocycles. The van der Waals surface area contributed by atoms with E-state index in [0.717, 1.165) is 6.42 Å². The van der Waals surface area contributed by atoms with Gasteiger partial charge < -0.3 is 4.74 Å². The van der Waals surface area contributed by atoms with Crippen LogP contribution in [0.1, 0.15) is 39.5 Å². The van der Waals surface area contributed by atoms with E-state index < -0.39 is 8.07 Å². The minimum atomic E-state index is -1.20. The van der Waals surface area contributed by atoms with E-state index in [9.17, 15) is 4.79 Å². The first-order chi connectivity index (χ1) is 8.01. The normalized spacial score (nSPS) is 25.8. The van der Waals surface area contributed by atoms with Gasteiger partial charge in [-0.3, -0.25) is 0 Å². The third kappa shape index (κ3) is 3.98. The van der Waals surface area contributed by atoms with Gasteiger partial charge >= 0.3 is 5.97 Å². The lowest BCUT2D eigenvalue weighted by Gasteiger charge is -2.40. The maximum Gasteiger partial charge on any atom is 0.330 e. The van der Waals surface area contributed by atoms with E-state index in [4.69, 9.17) is 4.74 Å². The summed E-state index contributed by atoms with van der Waals surface area (Å²) in [6, 6.07) is 1.38. The number of ether oxygens (including phenoxy) is 1. The predicted molar refractivity (Wildman–Crippen MR) is 74.9 cm³/mol. The van der Waals surface area contributed by atoms with Gasteiger partial charge in [0.05, 0.1) is 8.07 Å². The third-order valence-electron chi connectivity index (χ3n) is 4.01. The molecule has 1 aliphatic heterocycles. The maximum absolute atomic E-state index is 11.6. The summed E-state index contributed by atoms with van der Waals surface area (Å²) in [4.78, 5) is 11.6. The molecule has 0 bridgehead atoms. The molecule has 0 aliphatic carbocycles. The summed E-state index contributed by atoms with van der Waals surface area (Å²) >= 11 is 0. The number of esters is 1. The second-order valence-electron chi connectivity index (χ2n) is 5.72. The lowest BCUT2D eigenvalue weighted by molar-refractivity contribution is -0.143. The minimum Gasteiger partial charge on any atom is -0.459 e. The molecular formula is C14H26O2Si. The Hall–Kier alpha value is -0.573. The van der Waals surface area contributed by atoms with E-state index >= 15 is 0 Å². The van der Waals surface area contributed by atoms with Crippen LogP contribution in [0.5, 0.6) is 0 Å². The monoisotopic (exact) mass is 254 g/mol. The fourth-order valence-corrected chi connectivity index (χ4v) is 6.81. The van der Waals surface area contributed by atoms with Crippen LogP contribution < -0.4 is 0 Å². The highest BCUT2D eigenvalue weighted by molar-refractivity contribution is 6.79. The van der Waals surface area contributed by atoms with Crippen LogP contribution in [0, 0.1) is 0 Å². The second-order valence-corrected chi connectivity index (χ2v) is 10.9. The summed E-state index contributed by atoms with van der Waals surface area (Å²) in [5, 5.41) is 0. The second kappa shape index (κ2) is 6.38. The molecule has 1 saturated heterocycles. The highest BCUT2D eigenvalue weighted by atomic mass is 28.3. The number of rotatable bonds is 4. The Morgan fingerprint density at radius 2 is 2.18 bits per heavy atom. The SMILES string of the molecule is C/C=C/C(=O)OC(CC)C1CCCC[Si]1(C)C. The van der Waals surface area contributed by atoms with Crippen molar-refractivity contribution in [1.82, 2.24) is 0 Å². The van der Waals surface area contributed by atoms with Gasteiger partial charge in [0, 0.05) is 6.08 Å². The molecule has 1 aliphatic rings. The van der Waals surface area contributed by atoms with Gasteiger partial charge in [0.2, 0.25) is 0 Å². The van der Waals surface area contributed by atoms with Crippen LogP contribution in [0.3, 0.4) is 0 Å². The lowest BCUT2D eigenvalue weighted by Crippen LogP contribution is -2.42. The molecule has 1 heterocycles. The zero-order chi connectivity index (χ0) is 12.9. The fourth-order valence-electron chi connectivity index (χ4n) is 2.98. The van der Waals surface area contributed by atoms with Crippen LogP contribution in [0.4, 0.5) is 0 Å². The molecule has 2 unspecified atom stereocenters. The zero-order valence-electron chi connectivity index (χ0n) is 11.7. The average molecular weight is 254 g/mol. The Balaban J connectivity index is 2.68. The van der Waals surface area contributed by atoms with Crippen molar-refractivity contribution in [1.29, 1.82) is 0 Å². The number of allylic oxidation sites excluding steroid dienone is 1. The fraction of sp³-hybridized carbons (Fsp3) is 0.786. The van der Waals surface area contributed by atoms with Crippen molar-refractivity contribution in [2.75, 3.05) is 0 Å². The molecule has 0 saturated carbocycles. The van der Waals surface area contributed by atoms with Gasteiger partial charge in [-0.25, -0.2) is 4.79 Å². The number of hydrogen-bond donors (Lipinski definition) is 0. The Morgan fingerprint density at radius 1 is 1.47 bits per heavy atom. The van der Waals surface area contributed by atoms with Gasteiger partial charge in [-0.15, -0.1) is 0 Å². The molecule has 2 atom stereocenters. The number of carbonyl (C=O) groups is 1. The van der Waals surface area contributed by atoms with E-state index in [1.54, 1.807) is 6.08 Å². The molecule has 0 spiro atoms. The van der Waals surface area contributed by atoms with Gasteiger partial charge in [0.15, 0.2) is 0 Å². The van der Waals surface area contributed by atoms with E-state index in [-0.39, 0.29) is 12.1 Å². The smallest absolute Gasteiger partial charge is 0.330 e. The van der Waals surface area contributed by atoms with E-state index in [0.29, 0.717) is 5.54 Å². The molecule has 0 aromatic rings. The molecule has 0 N–H and O–H groups in total. The van der Waals surface area contributed by atoms with Crippen molar-refractivity contribution in [3.8, 4) is 0 Å². The van der Waals surface area contributed by atoms with Crippen LogP contribution in [-0.4, -0.2) is 20.1 Å². The highest BCUT2D eigenvalue weighted by Gasteiger charge is 2.39. The van der Waals surface area contributed by atoms with Crippen LogP contribution in [0.2, 0.25) is 24.7 Å². The van der Waals surface area contributed by atoms with Crippen LogP contribution in [0.25, 0.3) is 0 Å². The molecular weight excluding hydrogens is 228 g/mol. The van der Waals surface area contributed by atoms with Gasteiger partial charge in [-0.05, 0) is 25.3 Å². The summed E-state index contributed by atoms with van der Waals surface area (Å²) in [5.74, 6) is -0.172.